The average molecular weight is 393 g/mol. The molecular formula is C28H28N2. The zero-order valence-electron chi connectivity index (χ0n) is 17.6. The summed E-state index contributed by atoms with van der Waals surface area (Å²) >= 11 is 0. The Labute approximate surface area is 180 Å². The topological polar surface area (TPSA) is 15.6 Å². The first-order chi connectivity index (χ1) is 14.9. The zero-order chi connectivity index (χ0) is 20.6. The number of hydrogen-bond acceptors (Lipinski definition) is 2. The Hall–Kier alpha value is -3.31. The summed E-state index contributed by atoms with van der Waals surface area (Å²) in [7, 11) is 0. The largest absolute Gasteiger partial charge is 0.307 e. The van der Waals surface area contributed by atoms with Crippen LogP contribution in [0.15, 0.2) is 89.9 Å². The number of anilines is 1. The van der Waals surface area contributed by atoms with Crippen LogP contribution < -0.4 is 4.90 Å². The number of para-hydroxylation sites is 2. The van der Waals surface area contributed by atoms with Gasteiger partial charge in [0.25, 0.3) is 0 Å². The molecule has 150 valence electrons. The molecule has 1 aliphatic rings. The van der Waals surface area contributed by atoms with Crippen molar-refractivity contribution in [1.82, 2.24) is 0 Å². The van der Waals surface area contributed by atoms with E-state index in [-0.39, 0.29) is 6.04 Å². The van der Waals surface area contributed by atoms with Gasteiger partial charge >= 0.3 is 0 Å². The Morgan fingerprint density at radius 1 is 0.800 bits per heavy atom. The summed E-state index contributed by atoms with van der Waals surface area (Å²) in [6, 6.07) is 29.2. The maximum Gasteiger partial charge on any atom is 0.142 e. The van der Waals surface area contributed by atoms with Gasteiger partial charge in [0.15, 0.2) is 0 Å². The lowest BCUT2D eigenvalue weighted by Gasteiger charge is -2.36. The van der Waals surface area contributed by atoms with Crippen molar-refractivity contribution in [3.05, 3.63) is 96.1 Å². The highest BCUT2D eigenvalue weighted by atomic mass is 15.2. The molecule has 0 saturated heterocycles. The summed E-state index contributed by atoms with van der Waals surface area (Å²) in [6.07, 6.45) is 5.90. The maximum atomic E-state index is 5.07. The van der Waals surface area contributed by atoms with E-state index in [1.165, 1.54) is 31.2 Å². The third kappa shape index (κ3) is 4.47. The van der Waals surface area contributed by atoms with Crippen LogP contribution in [-0.2, 0) is 0 Å². The lowest BCUT2D eigenvalue weighted by Crippen LogP contribution is -2.37. The maximum absolute atomic E-state index is 5.07. The highest BCUT2D eigenvalue weighted by molar-refractivity contribution is 6.13. The smallest absolute Gasteiger partial charge is 0.142 e. The van der Waals surface area contributed by atoms with E-state index in [0.717, 1.165) is 29.2 Å². The predicted octanol–water partition coefficient (Wildman–Crippen LogP) is 7.30. The monoisotopic (exact) mass is 392 g/mol. The SMILES string of the molecule is CCCCCCC#CC1c2ccccc2N=C(c2ccccc2)N1c1ccccc1. The van der Waals surface area contributed by atoms with Crippen molar-refractivity contribution in [2.24, 2.45) is 4.99 Å². The van der Waals surface area contributed by atoms with E-state index in [1.807, 2.05) is 6.07 Å². The fourth-order valence-corrected chi connectivity index (χ4v) is 3.85. The molecule has 1 heterocycles. The molecule has 1 aliphatic heterocycles. The van der Waals surface area contributed by atoms with Gasteiger partial charge in [-0.25, -0.2) is 4.99 Å². The van der Waals surface area contributed by atoms with E-state index in [9.17, 15) is 0 Å². The van der Waals surface area contributed by atoms with Crippen LogP contribution in [0.3, 0.4) is 0 Å². The standard InChI is InChI=1S/C28H28N2/c1-2-3-4-5-6-13-22-27-25-20-14-15-21-26(25)29-28(23-16-9-7-10-17-23)30(27)24-18-11-8-12-19-24/h7-12,14-21,27H,2-6H2,1H3. The van der Waals surface area contributed by atoms with Gasteiger partial charge in [-0.15, -0.1) is 5.92 Å². The van der Waals surface area contributed by atoms with Gasteiger partial charge < -0.3 is 4.90 Å². The van der Waals surface area contributed by atoms with Crippen molar-refractivity contribution < 1.29 is 0 Å². The molecule has 0 aromatic heterocycles. The van der Waals surface area contributed by atoms with Crippen molar-refractivity contribution in [1.29, 1.82) is 0 Å². The van der Waals surface area contributed by atoms with Crippen molar-refractivity contribution in [2.75, 3.05) is 4.90 Å². The second kappa shape index (κ2) is 9.94. The lowest BCUT2D eigenvalue weighted by molar-refractivity contribution is 0.679. The van der Waals surface area contributed by atoms with Crippen LogP contribution in [0.2, 0.25) is 0 Å². The minimum atomic E-state index is -0.0533. The molecule has 0 spiro atoms. The Bertz CT molecular complexity index is 1040. The van der Waals surface area contributed by atoms with Crippen LogP contribution in [0.5, 0.6) is 0 Å². The Balaban J connectivity index is 1.77. The highest BCUT2D eigenvalue weighted by Gasteiger charge is 2.30. The normalized spacial score (nSPS) is 15.0. The van der Waals surface area contributed by atoms with Gasteiger partial charge in [-0.3, -0.25) is 0 Å². The van der Waals surface area contributed by atoms with Crippen molar-refractivity contribution in [3.63, 3.8) is 0 Å². The summed E-state index contributed by atoms with van der Waals surface area (Å²) in [4.78, 5) is 7.36. The van der Waals surface area contributed by atoms with E-state index in [1.54, 1.807) is 0 Å². The van der Waals surface area contributed by atoms with Crippen LogP contribution in [-0.4, -0.2) is 5.84 Å². The van der Waals surface area contributed by atoms with E-state index >= 15 is 0 Å². The third-order valence-electron chi connectivity index (χ3n) is 5.40. The molecule has 3 aromatic carbocycles. The molecule has 0 N–H and O–H groups in total. The molecule has 1 atom stereocenters. The minimum absolute atomic E-state index is 0.0533. The van der Waals surface area contributed by atoms with E-state index in [2.05, 4.69) is 103 Å². The number of aliphatic imine (C=N–C) groups is 1. The van der Waals surface area contributed by atoms with Gasteiger partial charge in [-0.2, -0.15) is 0 Å². The molecular weight excluding hydrogens is 364 g/mol. The first-order valence-electron chi connectivity index (χ1n) is 10.9. The number of unbranched alkanes of at least 4 members (excludes halogenated alkanes) is 4. The molecule has 0 amide bonds. The summed E-state index contributed by atoms with van der Waals surface area (Å²) in [5.74, 6) is 8.03. The molecule has 3 aromatic rings. The van der Waals surface area contributed by atoms with Crippen LogP contribution in [0, 0.1) is 11.8 Å². The predicted molar refractivity (Wildman–Crippen MR) is 127 cm³/mol. The van der Waals surface area contributed by atoms with E-state index in [0.29, 0.717) is 0 Å². The van der Waals surface area contributed by atoms with Gasteiger partial charge in [0, 0.05) is 23.2 Å². The first kappa shape index (κ1) is 20.0. The number of hydrogen-bond donors (Lipinski definition) is 0. The number of fused-ring (bicyclic) bond motifs is 1. The molecule has 30 heavy (non-hydrogen) atoms. The van der Waals surface area contributed by atoms with E-state index in [4.69, 9.17) is 4.99 Å². The minimum Gasteiger partial charge on any atom is -0.307 e. The molecule has 4 rings (SSSR count). The third-order valence-corrected chi connectivity index (χ3v) is 5.40. The van der Waals surface area contributed by atoms with Crippen LogP contribution in [0.1, 0.15) is 56.2 Å². The number of rotatable bonds is 6. The fourth-order valence-electron chi connectivity index (χ4n) is 3.85. The van der Waals surface area contributed by atoms with Gasteiger partial charge in [-0.05, 0) is 24.6 Å². The number of nitrogens with zero attached hydrogens (tertiary/aromatic N) is 2. The van der Waals surface area contributed by atoms with Crippen molar-refractivity contribution in [3.8, 4) is 11.8 Å². The Kier molecular flexibility index (Phi) is 6.62. The van der Waals surface area contributed by atoms with Crippen molar-refractivity contribution >= 4 is 17.2 Å². The average Bonchev–Trinajstić information content (AvgIpc) is 2.82. The fraction of sp³-hybridized carbons (Fsp3) is 0.250. The van der Waals surface area contributed by atoms with Crippen LogP contribution >= 0.6 is 0 Å². The summed E-state index contributed by atoms with van der Waals surface area (Å²) in [6.45, 7) is 2.24. The molecule has 0 bridgehead atoms. The van der Waals surface area contributed by atoms with Crippen molar-refractivity contribution in [2.45, 2.75) is 45.1 Å². The van der Waals surface area contributed by atoms with Gasteiger partial charge in [-0.1, -0.05) is 98.8 Å². The quantitative estimate of drug-likeness (QED) is 0.317. The number of benzene rings is 3. The van der Waals surface area contributed by atoms with Gasteiger partial charge in [0.2, 0.25) is 0 Å². The Morgan fingerprint density at radius 3 is 2.27 bits per heavy atom. The van der Waals surface area contributed by atoms with Crippen LogP contribution in [0.25, 0.3) is 0 Å². The summed E-state index contributed by atoms with van der Waals surface area (Å²) in [5.41, 5.74) is 4.39. The molecule has 0 saturated carbocycles. The molecule has 0 aliphatic carbocycles. The van der Waals surface area contributed by atoms with Crippen LogP contribution in [0.4, 0.5) is 11.4 Å². The van der Waals surface area contributed by atoms with Gasteiger partial charge in [0.05, 0.1) is 5.69 Å². The molecule has 1 unspecified atom stereocenters. The molecule has 0 fully saturated rings. The zero-order valence-corrected chi connectivity index (χ0v) is 17.6. The second-order valence-electron chi connectivity index (χ2n) is 7.60. The molecule has 0 radical (unpaired) electrons. The lowest BCUT2D eigenvalue weighted by atomic mass is 9.98. The Morgan fingerprint density at radius 2 is 1.50 bits per heavy atom. The first-order valence-corrected chi connectivity index (χ1v) is 10.9. The highest BCUT2D eigenvalue weighted by Crippen LogP contribution is 2.38. The van der Waals surface area contributed by atoms with Gasteiger partial charge in [0.1, 0.15) is 11.9 Å². The molecule has 2 heteroatoms. The molecule has 2 nitrogen and oxygen atoms in total. The second-order valence-corrected chi connectivity index (χ2v) is 7.60. The summed E-state index contributed by atoms with van der Waals surface area (Å²) < 4.78 is 0. The van der Waals surface area contributed by atoms with E-state index < -0.39 is 0 Å². The number of amidine groups is 1. The summed E-state index contributed by atoms with van der Waals surface area (Å²) in [5, 5.41) is 0.